The molecule has 0 unspecified atom stereocenters. The largest absolute Gasteiger partial charge is 0.457 e. The molecule has 3 nitrogen and oxygen atoms in total. The fourth-order valence-corrected chi connectivity index (χ4v) is 16.8. The number of hydrogen-bond acceptors (Lipinski definition) is 3. The van der Waals surface area contributed by atoms with E-state index in [0.29, 0.717) is 0 Å². The molecule has 0 saturated carbocycles. The van der Waals surface area contributed by atoms with E-state index in [9.17, 15) is 0 Å². The minimum absolute atomic E-state index is 0.556. The van der Waals surface area contributed by atoms with Crippen LogP contribution < -0.4 is 14.4 Å². The van der Waals surface area contributed by atoms with Crippen LogP contribution in [0, 0.1) is 0 Å². The third-order valence-corrected chi connectivity index (χ3v) is 19.6. The molecule has 6 aliphatic rings. The fraction of sp³-hybridized carbons (Fsp3) is 0.0370. The van der Waals surface area contributed by atoms with Crippen molar-refractivity contribution in [1.29, 1.82) is 0 Å². The van der Waals surface area contributed by atoms with Crippen LogP contribution in [-0.4, -0.2) is 0 Å². The van der Waals surface area contributed by atoms with Gasteiger partial charge in [0.15, 0.2) is 0 Å². The Labute approximate surface area is 487 Å². The van der Waals surface area contributed by atoms with E-state index >= 15 is 0 Å². The van der Waals surface area contributed by atoms with Crippen molar-refractivity contribution in [3.63, 3.8) is 0 Å². The summed E-state index contributed by atoms with van der Waals surface area (Å²) < 4.78 is 13.7. The van der Waals surface area contributed by atoms with E-state index in [1.807, 2.05) is 0 Å². The van der Waals surface area contributed by atoms with Crippen LogP contribution in [0.2, 0.25) is 0 Å². The van der Waals surface area contributed by atoms with Gasteiger partial charge in [-0.25, -0.2) is 0 Å². The van der Waals surface area contributed by atoms with E-state index in [4.69, 9.17) is 9.47 Å². The number of para-hydroxylation sites is 5. The topological polar surface area (TPSA) is 21.7 Å². The second kappa shape index (κ2) is 16.7. The summed E-state index contributed by atoms with van der Waals surface area (Å²) in [6, 6.07) is 111. The first-order valence-corrected chi connectivity index (χ1v) is 29.2. The van der Waals surface area contributed by atoms with Gasteiger partial charge in [-0.05, 0) is 126 Å². The molecule has 0 fully saturated rings. The molecule has 19 rings (SSSR count). The number of benzene rings is 13. The molecule has 13 aromatic carbocycles. The Kier molecular flexibility index (Phi) is 9.13. The van der Waals surface area contributed by atoms with Crippen LogP contribution in [0.25, 0.3) is 55.6 Å². The molecule has 390 valence electrons. The number of ether oxygens (including phenoxy) is 2. The maximum Gasteiger partial charge on any atom is 0.132 e. The minimum atomic E-state index is -0.681. The lowest BCUT2D eigenvalue weighted by Gasteiger charge is -2.39. The predicted octanol–water partition coefficient (Wildman–Crippen LogP) is 20.1. The molecular weight excluding hydrogens is 1020 g/mol. The highest BCUT2D eigenvalue weighted by Crippen LogP contribution is 2.69. The highest BCUT2D eigenvalue weighted by molar-refractivity contribution is 6.08. The van der Waals surface area contributed by atoms with Crippen LogP contribution in [0.4, 0.5) is 17.1 Å². The number of fused-ring (bicyclic) bond motifs is 28. The van der Waals surface area contributed by atoms with E-state index in [1.54, 1.807) is 0 Å². The molecule has 0 bridgehead atoms. The maximum absolute atomic E-state index is 6.88. The van der Waals surface area contributed by atoms with Crippen LogP contribution in [-0.2, 0) is 16.2 Å². The van der Waals surface area contributed by atoms with Gasteiger partial charge in [0.05, 0.1) is 33.3 Å². The van der Waals surface area contributed by atoms with Gasteiger partial charge >= 0.3 is 0 Å². The number of nitrogens with zero attached hydrogens (tertiary/aromatic N) is 1. The summed E-state index contributed by atoms with van der Waals surface area (Å²) in [7, 11) is 0. The van der Waals surface area contributed by atoms with Gasteiger partial charge in [0.1, 0.15) is 23.0 Å². The normalized spacial score (nSPS) is 14.9. The molecular formula is C81H49NO2. The lowest BCUT2D eigenvalue weighted by atomic mass is 9.66. The zero-order valence-electron chi connectivity index (χ0n) is 45.6. The van der Waals surface area contributed by atoms with Crippen LogP contribution in [0.5, 0.6) is 23.0 Å². The summed E-state index contributed by atoms with van der Waals surface area (Å²) in [6.45, 7) is 0. The molecule has 0 atom stereocenters. The van der Waals surface area contributed by atoms with Crippen molar-refractivity contribution in [3.05, 3.63) is 364 Å². The Morgan fingerprint density at radius 2 is 0.429 bits per heavy atom. The lowest BCUT2D eigenvalue weighted by Crippen LogP contribution is -2.32. The van der Waals surface area contributed by atoms with Gasteiger partial charge in [-0.3, -0.25) is 0 Å². The van der Waals surface area contributed by atoms with Crippen LogP contribution in [0.3, 0.4) is 0 Å². The molecule has 0 N–H and O–H groups in total. The van der Waals surface area contributed by atoms with Crippen molar-refractivity contribution in [2.75, 3.05) is 4.90 Å². The summed E-state index contributed by atoms with van der Waals surface area (Å²) in [6.07, 6.45) is 0. The zero-order valence-corrected chi connectivity index (χ0v) is 45.6. The van der Waals surface area contributed by atoms with Crippen molar-refractivity contribution in [2.45, 2.75) is 16.2 Å². The Hall–Kier alpha value is -10.7. The first-order chi connectivity index (χ1) is 41.7. The zero-order chi connectivity index (χ0) is 54.9. The van der Waals surface area contributed by atoms with Crippen molar-refractivity contribution in [3.8, 4) is 78.6 Å². The summed E-state index contributed by atoms with van der Waals surface area (Å²) in [5.74, 6) is 3.50. The standard InChI is InChI=1S/C81H49NO2/c1-7-31-57-50(24-1)51-25-2-8-32-58(51)79(57)60-34-10-4-28-55(60)77-67(79)41-22-44-70(77)82(71-45-23-42-68-78(71)56-29-5-11-35-61(56)81(68)64-38-14-19-48-74(64)84-75-49-20-15-39-65(75)81)69-43-16-6-26-52(69)53-30-21-40-66-76(53)54-27-3-9-33-59(54)80(66)62-36-12-17-46-72(62)83-73-47-18-13-37-63(73)80/h1-49H. The molecule has 0 radical (unpaired) electrons. The summed E-state index contributed by atoms with van der Waals surface area (Å²) in [5, 5.41) is 0. The fourth-order valence-electron chi connectivity index (χ4n) is 16.8. The van der Waals surface area contributed by atoms with Gasteiger partial charge in [-0.1, -0.05) is 255 Å². The monoisotopic (exact) mass is 1070 g/mol. The van der Waals surface area contributed by atoms with E-state index < -0.39 is 16.2 Å². The summed E-state index contributed by atoms with van der Waals surface area (Å²) in [4.78, 5) is 2.65. The van der Waals surface area contributed by atoms with E-state index in [2.05, 4.69) is 302 Å². The van der Waals surface area contributed by atoms with Crippen LogP contribution in [0.1, 0.15) is 66.8 Å². The van der Waals surface area contributed by atoms with Gasteiger partial charge < -0.3 is 14.4 Å². The minimum Gasteiger partial charge on any atom is -0.457 e. The molecule has 2 heterocycles. The highest BCUT2D eigenvalue weighted by atomic mass is 16.5. The SMILES string of the molecule is c1ccc2c(c1)Oc1ccccc1C21c2ccccc2-c2c(-c3ccccc3N(c3cccc4c3-c3ccccc3C43c4ccccc4Oc4ccccc43)c3cccc4c3-c3ccccc3C43c4ccccc4-c4ccccc43)cccc21. The molecule has 0 aromatic heterocycles. The van der Waals surface area contributed by atoms with Crippen molar-refractivity contribution < 1.29 is 9.47 Å². The average Bonchev–Trinajstić information content (AvgIpc) is 1.61. The van der Waals surface area contributed by atoms with Gasteiger partial charge in [-0.2, -0.15) is 0 Å². The number of hydrogen-bond donors (Lipinski definition) is 0. The maximum atomic E-state index is 6.88. The van der Waals surface area contributed by atoms with Gasteiger partial charge in [0, 0.05) is 38.9 Å². The second-order valence-electron chi connectivity index (χ2n) is 23.1. The smallest absolute Gasteiger partial charge is 0.132 e. The Morgan fingerprint density at radius 3 is 0.845 bits per heavy atom. The van der Waals surface area contributed by atoms with Crippen molar-refractivity contribution >= 4 is 17.1 Å². The average molecular weight is 1070 g/mol. The van der Waals surface area contributed by atoms with Gasteiger partial charge in [0.25, 0.3) is 0 Å². The predicted molar refractivity (Wildman–Crippen MR) is 338 cm³/mol. The number of anilines is 3. The molecule has 4 aliphatic carbocycles. The Bertz CT molecular complexity index is 4890. The Balaban J connectivity index is 0.940. The van der Waals surface area contributed by atoms with Crippen molar-refractivity contribution in [2.24, 2.45) is 0 Å². The third kappa shape index (κ3) is 5.48. The summed E-state index contributed by atoms with van der Waals surface area (Å²) in [5.41, 5.74) is 28.4. The second-order valence-corrected chi connectivity index (χ2v) is 23.1. The van der Waals surface area contributed by atoms with Crippen LogP contribution >= 0.6 is 0 Å². The van der Waals surface area contributed by atoms with Gasteiger partial charge in [0.2, 0.25) is 0 Å². The molecule has 13 aromatic rings. The molecule has 84 heavy (non-hydrogen) atoms. The van der Waals surface area contributed by atoms with Gasteiger partial charge in [-0.15, -0.1) is 0 Å². The molecule has 3 heteroatoms. The van der Waals surface area contributed by atoms with Crippen LogP contribution in [0.15, 0.2) is 297 Å². The highest BCUT2D eigenvalue weighted by Gasteiger charge is 2.56. The Morgan fingerprint density at radius 1 is 0.179 bits per heavy atom. The first kappa shape index (κ1) is 45.9. The quantitative estimate of drug-likeness (QED) is 0.175. The molecule has 0 amide bonds. The molecule has 0 saturated heterocycles. The number of rotatable bonds is 4. The molecule has 2 aliphatic heterocycles. The summed E-state index contributed by atoms with van der Waals surface area (Å²) >= 11 is 0. The lowest BCUT2D eigenvalue weighted by molar-refractivity contribution is 0.436. The van der Waals surface area contributed by atoms with E-state index in [0.717, 1.165) is 67.9 Å². The first-order valence-electron chi connectivity index (χ1n) is 29.2. The van der Waals surface area contributed by atoms with E-state index in [-0.39, 0.29) is 0 Å². The third-order valence-electron chi connectivity index (χ3n) is 19.6. The van der Waals surface area contributed by atoms with E-state index in [1.165, 1.54) is 94.6 Å². The van der Waals surface area contributed by atoms with Crippen molar-refractivity contribution in [1.82, 2.24) is 0 Å². The molecule has 3 spiro atoms.